The molecule has 3 atom stereocenters. The maximum absolute atomic E-state index is 13.8. The lowest BCUT2D eigenvalue weighted by atomic mass is 9.86. The minimum absolute atomic E-state index is 0.0229. The van der Waals surface area contributed by atoms with Crippen LogP contribution in [-0.2, 0) is 16.2 Å². The first kappa shape index (κ1) is 31.1. The highest BCUT2D eigenvalue weighted by Crippen LogP contribution is 2.39. The lowest BCUT2D eigenvalue weighted by Gasteiger charge is -2.43. The molecule has 0 heterocycles. The molecule has 0 saturated heterocycles. The Morgan fingerprint density at radius 1 is 1.10 bits per heavy atom. The van der Waals surface area contributed by atoms with E-state index < -0.39 is 18.2 Å². The van der Waals surface area contributed by atoms with Crippen LogP contribution < -0.4 is 14.8 Å². The van der Waals surface area contributed by atoms with Gasteiger partial charge in [-0.3, -0.25) is 9.59 Å². The van der Waals surface area contributed by atoms with Gasteiger partial charge in [0.05, 0.1) is 29.9 Å². The van der Waals surface area contributed by atoms with Gasteiger partial charge in [-0.2, -0.15) is 0 Å². The fraction of sp³-hybridized carbons (Fsp3) is 0.667. The largest absolute Gasteiger partial charge is 0.493 e. The van der Waals surface area contributed by atoms with Crippen LogP contribution in [-0.4, -0.2) is 76.6 Å². The molecular weight excluding hydrogens is 627 g/mol. The second-order valence-electron chi connectivity index (χ2n) is 11.2. The molecule has 3 aliphatic rings. The van der Waals surface area contributed by atoms with Crippen LogP contribution in [0.2, 0.25) is 0 Å². The Hall–Kier alpha value is -1.89. The number of nitrogens with one attached hydrogen (secondary N) is 1. The number of hydrogen-bond donors (Lipinski definition) is 4. The van der Waals surface area contributed by atoms with Gasteiger partial charge >= 0.3 is 0 Å². The fourth-order valence-electron chi connectivity index (χ4n) is 6.46. The van der Waals surface area contributed by atoms with E-state index in [4.69, 9.17) is 9.47 Å². The maximum atomic E-state index is 13.8. The summed E-state index contributed by atoms with van der Waals surface area (Å²) in [5.74, 6) is 1.08. The summed E-state index contributed by atoms with van der Waals surface area (Å²) in [6.07, 6.45) is 9.79. The first-order chi connectivity index (χ1) is 19.4. The van der Waals surface area contributed by atoms with E-state index in [1.54, 1.807) is 18.2 Å². The van der Waals surface area contributed by atoms with E-state index in [9.17, 15) is 24.9 Å². The molecule has 4 N–H and O–H groups in total. The van der Waals surface area contributed by atoms with Crippen LogP contribution in [0.25, 0.3) is 0 Å². The van der Waals surface area contributed by atoms with Crippen LogP contribution >= 0.6 is 22.6 Å². The standard InChI is InChI=1S/C30H43IN2O7/c1-39-26-15-20(18-35)14-23(31)29(26)40-25-17-21(30(38)32-12-13-34)16-24(28(25)37)33(22-8-4-5-9-22)27(36)11-10-19-6-2-3-7-19/h14-15,17,19,22,24-25,28,34-35,37H,2-13,16,18H2,1H3,(H,32,38). The molecular formula is C30H43IN2O7. The third-order valence-electron chi connectivity index (χ3n) is 8.54. The van der Waals surface area contributed by atoms with Crippen molar-refractivity contribution in [2.45, 2.75) is 102 Å². The highest BCUT2D eigenvalue weighted by Gasteiger charge is 2.43. The number of hydrogen-bond acceptors (Lipinski definition) is 7. The summed E-state index contributed by atoms with van der Waals surface area (Å²) in [4.78, 5) is 28.8. The Balaban J connectivity index is 1.65. The van der Waals surface area contributed by atoms with Gasteiger partial charge in [0.1, 0.15) is 12.2 Å². The molecule has 0 radical (unpaired) electrons. The van der Waals surface area contributed by atoms with Gasteiger partial charge in [0, 0.05) is 31.0 Å². The Bertz CT molecular complexity index is 1050. The predicted octanol–water partition coefficient (Wildman–Crippen LogP) is 3.45. The topological polar surface area (TPSA) is 129 Å². The van der Waals surface area contributed by atoms with E-state index in [1.165, 1.54) is 32.8 Å². The number of aliphatic hydroxyl groups is 3. The smallest absolute Gasteiger partial charge is 0.247 e. The fourth-order valence-corrected chi connectivity index (χ4v) is 7.25. The Labute approximate surface area is 250 Å². The second kappa shape index (κ2) is 14.8. The Morgan fingerprint density at radius 3 is 2.45 bits per heavy atom. The van der Waals surface area contributed by atoms with Crippen molar-refractivity contribution in [2.24, 2.45) is 5.92 Å². The number of benzene rings is 1. The SMILES string of the molecule is COc1cc(CO)cc(I)c1OC1C=C(C(=O)NCCO)CC(N(C(=O)CCC2CCCC2)C2CCCC2)C1O. The Kier molecular flexibility index (Phi) is 11.5. The van der Waals surface area contributed by atoms with Crippen molar-refractivity contribution in [3.63, 3.8) is 0 Å². The first-order valence-electron chi connectivity index (χ1n) is 14.6. The highest BCUT2D eigenvalue weighted by atomic mass is 127. The summed E-state index contributed by atoms with van der Waals surface area (Å²) in [5, 5.41) is 33.4. The molecule has 0 spiro atoms. The van der Waals surface area contributed by atoms with E-state index in [-0.39, 0.29) is 44.0 Å². The maximum Gasteiger partial charge on any atom is 0.247 e. The average molecular weight is 671 g/mol. The van der Waals surface area contributed by atoms with Crippen LogP contribution in [0.3, 0.4) is 0 Å². The molecule has 0 aromatic heterocycles. The van der Waals surface area contributed by atoms with Crippen molar-refractivity contribution in [2.75, 3.05) is 20.3 Å². The van der Waals surface area contributed by atoms with Crippen LogP contribution in [0, 0.1) is 9.49 Å². The number of halogens is 1. The molecule has 1 aromatic rings. The summed E-state index contributed by atoms with van der Waals surface area (Å²) >= 11 is 2.10. The molecule has 4 rings (SSSR count). The summed E-state index contributed by atoms with van der Waals surface area (Å²) in [5.41, 5.74) is 1.08. The number of aliphatic hydroxyl groups excluding tert-OH is 3. The van der Waals surface area contributed by atoms with Crippen molar-refractivity contribution < 1.29 is 34.4 Å². The van der Waals surface area contributed by atoms with Gasteiger partial charge in [0.25, 0.3) is 0 Å². The van der Waals surface area contributed by atoms with Gasteiger partial charge in [0.2, 0.25) is 11.8 Å². The summed E-state index contributed by atoms with van der Waals surface area (Å²) < 4.78 is 12.6. The van der Waals surface area contributed by atoms with Crippen molar-refractivity contribution >= 4 is 34.4 Å². The first-order valence-corrected chi connectivity index (χ1v) is 15.7. The zero-order chi connectivity index (χ0) is 28.6. The van der Waals surface area contributed by atoms with Crippen LogP contribution in [0.15, 0.2) is 23.8 Å². The summed E-state index contributed by atoms with van der Waals surface area (Å²) in [6, 6.07) is 2.86. The molecule has 0 bridgehead atoms. The minimum Gasteiger partial charge on any atom is -0.493 e. The zero-order valence-corrected chi connectivity index (χ0v) is 25.5. The number of carbonyl (C=O) groups is 2. The van der Waals surface area contributed by atoms with Crippen molar-refractivity contribution in [3.8, 4) is 11.5 Å². The minimum atomic E-state index is -1.07. The Morgan fingerprint density at radius 2 is 1.80 bits per heavy atom. The molecule has 222 valence electrons. The quantitative estimate of drug-likeness (QED) is 0.251. The van der Waals surface area contributed by atoms with Gasteiger partial charge < -0.3 is 35.0 Å². The molecule has 3 unspecified atom stereocenters. The number of rotatable bonds is 12. The van der Waals surface area contributed by atoms with Crippen LogP contribution in [0.4, 0.5) is 0 Å². The lowest BCUT2D eigenvalue weighted by molar-refractivity contribution is -0.142. The summed E-state index contributed by atoms with van der Waals surface area (Å²) in [6.45, 7) is -0.240. The molecule has 9 nitrogen and oxygen atoms in total. The molecule has 3 aliphatic carbocycles. The average Bonchev–Trinajstić information content (AvgIpc) is 3.68. The summed E-state index contributed by atoms with van der Waals surface area (Å²) in [7, 11) is 1.51. The zero-order valence-electron chi connectivity index (χ0n) is 23.3. The van der Waals surface area contributed by atoms with Crippen molar-refractivity contribution in [1.29, 1.82) is 0 Å². The molecule has 2 amide bonds. The highest BCUT2D eigenvalue weighted by molar-refractivity contribution is 14.1. The molecule has 2 fully saturated rings. The molecule has 2 saturated carbocycles. The number of methoxy groups -OCH3 is 1. The van der Waals surface area contributed by atoms with Gasteiger partial charge in [-0.15, -0.1) is 0 Å². The molecule has 10 heteroatoms. The van der Waals surface area contributed by atoms with Gasteiger partial charge in [-0.1, -0.05) is 38.5 Å². The van der Waals surface area contributed by atoms with E-state index in [0.717, 1.165) is 32.1 Å². The molecule has 1 aromatic carbocycles. The van der Waals surface area contributed by atoms with E-state index in [2.05, 4.69) is 27.9 Å². The van der Waals surface area contributed by atoms with Gasteiger partial charge in [-0.25, -0.2) is 0 Å². The monoisotopic (exact) mass is 670 g/mol. The van der Waals surface area contributed by atoms with Crippen molar-refractivity contribution in [3.05, 3.63) is 32.9 Å². The van der Waals surface area contributed by atoms with E-state index in [1.807, 2.05) is 4.90 Å². The van der Waals surface area contributed by atoms with Crippen LogP contribution in [0.5, 0.6) is 11.5 Å². The second-order valence-corrected chi connectivity index (χ2v) is 12.4. The van der Waals surface area contributed by atoms with Crippen molar-refractivity contribution in [1.82, 2.24) is 10.2 Å². The lowest BCUT2D eigenvalue weighted by Crippen LogP contribution is -2.57. The number of nitrogens with zero attached hydrogens (tertiary/aromatic N) is 1. The molecule has 0 aliphatic heterocycles. The third-order valence-corrected chi connectivity index (χ3v) is 9.35. The van der Waals surface area contributed by atoms with Gasteiger partial charge in [0.15, 0.2) is 11.5 Å². The molecule has 40 heavy (non-hydrogen) atoms. The van der Waals surface area contributed by atoms with E-state index in [0.29, 0.717) is 38.5 Å². The van der Waals surface area contributed by atoms with E-state index >= 15 is 0 Å². The number of amides is 2. The predicted molar refractivity (Wildman–Crippen MR) is 159 cm³/mol. The third kappa shape index (κ3) is 7.49. The van der Waals surface area contributed by atoms with Crippen LogP contribution in [0.1, 0.15) is 76.2 Å². The van der Waals surface area contributed by atoms with Gasteiger partial charge in [-0.05, 0) is 71.5 Å². The normalized spacial score (nSPS) is 23.6. The number of carbonyl (C=O) groups excluding carboxylic acids is 2. The number of ether oxygens (including phenoxy) is 2.